The van der Waals surface area contributed by atoms with E-state index in [0.717, 1.165) is 33.8 Å². The molecule has 0 spiro atoms. The molecule has 3 aromatic carbocycles. The lowest BCUT2D eigenvalue weighted by Crippen LogP contribution is -2.40. The fraction of sp³-hybridized carbons (Fsp3) is 0.192. The van der Waals surface area contributed by atoms with Crippen LogP contribution in [0.4, 0.5) is 17.1 Å². The highest BCUT2D eigenvalue weighted by molar-refractivity contribution is 6.42. The largest absolute Gasteiger partial charge is 0.497 e. The van der Waals surface area contributed by atoms with E-state index in [0.29, 0.717) is 5.82 Å². The molecule has 34 heavy (non-hydrogen) atoms. The Morgan fingerprint density at radius 2 is 1.59 bits per heavy atom. The van der Waals surface area contributed by atoms with Crippen molar-refractivity contribution in [2.75, 3.05) is 31.6 Å². The van der Waals surface area contributed by atoms with Crippen molar-refractivity contribution in [1.82, 2.24) is 4.57 Å². The van der Waals surface area contributed by atoms with Crippen LogP contribution in [0.5, 0.6) is 5.75 Å². The molecule has 1 aromatic heterocycles. The number of esters is 1. The number of aryl methyl sites for hydroxylation is 2. The lowest BCUT2D eigenvalue weighted by atomic mass is 10.2. The molecular formula is C26H28N5O3+. The number of carbonyl (C=O) groups excluding carboxylic acids is 1. The highest BCUT2D eigenvalue weighted by atomic mass is 16.5. The minimum absolute atomic E-state index is 0.214. The van der Waals surface area contributed by atoms with Crippen molar-refractivity contribution in [3.63, 3.8) is 0 Å². The van der Waals surface area contributed by atoms with Crippen LogP contribution in [0.1, 0.15) is 5.82 Å². The van der Waals surface area contributed by atoms with Gasteiger partial charge in [0.15, 0.2) is 11.0 Å². The number of hydrogen-bond acceptors (Lipinski definition) is 6. The molecule has 0 unspecified atom stereocenters. The van der Waals surface area contributed by atoms with Gasteiger partial charge >= 0.3 is 11.8 Å². The Labute approximate surface area is 198 Å². The van der Waals surface area contributed by atoms with E-state index in [-0.39, 0.29) is 5.71 Å². The van der Waals surface area contributed by atoms with Crippen molar-refractivity contribution < 1.29 is 18.8 Å². The molecule has 0 aliphatic rings. The van der Waals surface area contributed by atoms with Gasteiger partial charge in [-0.1, -0.05) is 12.1 Å². The topological polar surface area (TPSA) is 72.0 Å². The van der Waals surface area contributed by atoms with Crippen LogP contribution < -0.4 is 19.6 Å². The van der Waals surface area contributed by atoms with E-state index >= 15 is 0 Å². The van der Waals surface area contributed by atoms with E-state index in [9.17, 15) is 4.79 Å². The summed E-state index contributed by atoms with van der Waals surface area (Å²) in [5, 5.41) is 9.66. The standard InChI is InChI=1S/C26H28N5O3/c1-29-22-8-6-7-9-23(22)30(2)25(29)24(26(32)34-5)28-31(3)20-14-10-18(11-15-20)27-19-12-16-21(33-4)17-13-19/h6-17,27H,1-5H3/q+1. The molecule has 4 aromatic rings. The molecule has 8 heteroatoms. The quantitative estimate of drug-likeness (QED) is 0.198. The maximum atomic E-state index is 12.7. The van der Waals surface area contributed by atoms with Crippen LogP contribution in [0.2, 0.25) is 0 Å². The number of imidazole rings is 1. The predicted molar refractivity (Wildman–Crippen MR) is 134 cm³/mol. The Kier molecular flexibility index (Phi) is 6.49. The molecule has 0 saturated heterocycles. The lowest BCUT2D eigenvalue weighted by Gasteiger charge is -2.15. The summed E-state index contributed by atoms with van der Waals surface area (Å²) in [5.41, 5.74) is 4.91. The monoisotopic (exact) mass is 458 g/mol. The Balaban J connectivity index is 1.62. The molecule has 0 amide bonds. The predicted octanol–water partition coefficient (Wildman–Crippen LogP) is 3.77. The van der Waals surface area contributed by atoms with E-state index in [4.69, 9.17) is 9.47 Å². The van der Waals surface area contributed by atoms with Crippen LogP contribution in [0.25, 0.3) is 11.0 Å². The fourth-order valence-electron chi connectivity index (χ4n) is 3.89. The number of hydrogen-bond donors (Lipinski definition) is 1. The minimum atomic E-state index is -0.508. The molecule has 8 nitrogen and oxygen atoms in total. The summed E-state index contributed by atoms with van der Waals surface area (Å²) in [6.07, 6.45) is 0. The van der Waals surface area contributed by atoms with Gasteiger partial charge in [0.25, 0.3) is 5.71 Å². The van der Waals surface area contributed by atoms with Crippen molar-refractivity contribution in [2.24, 2.45) is 19.2 Å². The molecule has 1 heterocycles. The highest BCUT2D eigenvalue weighted by Gasteiger charge is 2.31. The van der Waals surface area contributed by atoms with Gasteiger partial charge in [0.2, 0.25) is 0 Å². The van der Waals surface area contributed by atoms with Crippen LogP contribution in [-0.2, 0) is 23.6 Å². The number of ether oxygens (including phenoxy) is 2. The summed E-state index contributed by atoms with van der Waals surface area (Å²) in [6, 6.07) is 23.5. The third-order valence-corrected chi connectivity index (χ3v) is 5.70. The molecule has 174 valence electrons. The van der Waals surface area contributed by atoms with Crippen LogP contribution in [0.3, 0.4) is 0 Å². The second kappa shape index (κ2) is 9.66. The number of nitrogens with zero attached hydrogens (tertiary/aromatic N) is 4. The summed E-state index contributed by atoms with van der Waals surface area (Å²) < 4.78 is 14.2. The van der Waals surface area contributed by atoms with Crippen molar-refractivity contribution >= 4 is 39.8 Å². The molecule has 1 N–H and O–H groups in total. The van der Waals surface area contributed by atoms with Crippen molar-refractivity contribution in [2.45, 2.75) is 0 Å². The molecule has 0 atom stereocenters. The normalized spacial score (nSPS) is 11.4. The Morgan fingerprint density at radius 3 is 2.18 bits per heavy atom. The number of hydrazone groups is 1. The van der Waals surface area contributed by atoms with Gasteiger partial charge in [-0.3, -0.25) is 5.01 Å². The molecule has 0 fully saturated rings. The Morgan fingerprint density at radius 1 is 0.971 bits per heavy atom. The maximum absolute atomic E-state index is 12.7. The van der Waals surface area contributed by atoms with Crippen LogP contribution in [0, 0.1) is 0 Å². The van der Waals surface area contributed by atoms with E-state index in [1.165, 1.54) is 7.11 Å². The SMILES string of the molecule is COC(=O)/C(=N\N(C)c1ccc(Nc2ccc(OC)cc2)cc1)c1n(C)c2ccccc2[n+]1C. The first-order valence-corrected chi connectivity index (χ1v) is 10.8. The highest BCUT2D eigenvalue weighted by Crippen LogP contribution is 2.23. The fourth-order valence-corrected chi connectivity index (χ4v) is 3.89. The van der Waals surface area contributed by atoms with Gasteiger partial charge in [0.05, 0.1) is 34.0 Å². The van der Waals surface area contributed by atoms with Gasteiger partial charge in [-0.15, -0.1) is 0 Å². The third kappa shape index (κ3) is 4.43. The first-order valence-electron chi connectivity index (χ1n) is 10.8. The average Bonchev–Trinajstić information content (AvgIpc) is 3.12. The molecule has 0 aliphatic heterocycles. The first-order chi connectivity index (χ1) is 16.4. The summed E-state index contributed by atoms with van der Waals surface area (Å²) in [4.78, 5) is 12.7. The zero-order chi connectivity index (χ0) is 24.2. The van der Waals surface area contributed by atoms with E-state index in [1.807, 2.05) is 96.0 Å². The van der Waals surface area contributed by atoms with Gasteiger partial charge in [-0.05, 0) is 60.7 Å². The lowest BCUT2D eigenvalue weighted by molar-refractivity contribution is -0.646. The molecule has 0 aliphatic carbocycles. The minimum Gasteiger partial charge on any atom is -0.497 e. The number of nitrogens with one attached hydrogen (secondary N) is 1. The van der Waals surface area contributed by atoms with Gasteiger partial charge in [0.1, 0.15) is 5.75 Å². The second-order valence-electron chi connectivity index (χ2n) is 7.79. The summed E-state index contributed by atoms with van der Waals surface area (Å²) in [6.45, 7) is 0. The van der Waals surface area contributed by atoms with Gasteiger partial charge in [-0.25, -0.2) is 13.9 Å². The zero-order valence-electron chi connectivity index (χ0n) is 19.9. The summed E-state index contributed by atoms with van der Waals surface area (Å²) in [5.74, 6) is 0.949. The van der Waals surface area contributed by atoms with E-state index in [2.05, 4.69) is 10.4 Å². The molecule has 4 rings (SSSR count). The van der Waals surface area contributed by atoms with Gasteiger partial charge in [0, 0.05) is 18.4 Å². The summed E-state index contributed by atoms with van der Waals surface area (Å²) in [7, 11) is 8.63. The van der Waals surface area contributed by atoms with Crippen LogP contribution in [0.15, 0.2) is 77.9 Å². The number of anilines is 3. The number of carbonyl (C=O) groups is 1. The number of aromatic nitrogens is 2. The van der Waals surface area contributed by atoms with Crippen molar-refractivity contribution in [1.29, 1.82) is 0 Å². The molecular weight excluding hydrogens is 430 g/mol. The Hall–Kier alpha value is -4.33. The van der Waals surface area contributed by atoms with Crippen LogP contribution in [-0.4, -0.2) is 37.5 Å². The molecule has 0 bridgehead atoms. The number of fused-ring (bicyclic) bond motifs is 1. The summed E-state index contributed by atoms with van der Waals surface area (Å²) >= 11 is 0. The number of rotatable bonds is 7. The zero-order valence-corrected chi connectivity index (χ0v) is 19.9. The number of methoxy groups -OCH3 is 2. The maximum Gasteiger partial charge on any atom is 0.367 e. The smallest absolute Gasteiger partial charge is 0.367 e. The third-order valence-electron chi connectivity index (χ3n) is 5.70. The molecule has 0 radical (unpaired) electrons. The number of para-hydroxylation sites is 2. The first kappa shape index (κ1) is 22.8. The average molecular weight is 459 g/mol. The number of benzene rings is 3. The van der Waals surface area contributed by atoms with Gasteiger partial charge < -0.3 is 14.8 Å². The van der Waals surface area contributed by atoms with E-state index in [1.54, 1.807) is 19.2 Å². The van der Waals surface area contributed by atoms with Crippen LogP contribution >= 0.6 is 0 Å². The van der Waals surface area contributed by atoms with E-state index < -0.39 is 5.97 Å². The molecule has 0 saturated carbocycles. The Bertz CT molecular complexity index is 1300. The van der Waals surface area contributed by atoms with Crippen molar-refractivity contribution in [3.05, 3.63) is 78.6 Å². The second-order valence-corrected chi connectivity index (χ2v) is 7.79. The van der Waals surface area contributed by atoms with Crippen molar-refractivity contribution in [3.8, 4) is 5.75 Å². The van der Waals surface area contributed by atoms with Gasteiger partial charge in [-0.2, -0.15) is 5.10 Å².